The zero-order valence-corrected chi connectivity index (χ0v) is 12.9. The SMILES string of the molecule is CCCCCCCCCCCCc1ccc[n+](O)c1O. The number of rotatable bonds is 11. The molecule has 0 saturated heterocycles. The van der Waals surface area contributed by atoms with Crippen molar-refractivity contribution in [2.75, 3.05) is 0 Å². The molecule has 0 bridgehead atoms. The van der Waals surface area contributed by atoms with Crippen LogP contribution in [0.3, 0.4) is 0 Å². The largest absolute Gasteiger partial charge is 0.457 e. The Morgan fingerprint density at radius 3 is 2.05 bits per heavy atom. The Labute approximate surface area is 123 Å². The Bertz CT molecular complexity index is 366. The lowest BCUT2D eigenvalue weighted by Crippen LogP contribution is -2.29. The molecule has 114 valence electrons. The van der Waals surface area contributed by atoms with Crippen LogP contribution in [0.15, 0.2) is 18.3 Å². The van der Waals surface area contributed by atoms with E-state index in [0.717, 1.165) is 23.1 Å². The summed E-state index contributed by atoms with van der Waals surface area (Å²) in [6.45, 7) is 2.25. The summed E-state index contributed by atoms with van der Waals surface area (Å²) in [5.41, 5.74) is 0.828. The average molecular weight is 280 g/mol. The van der Waals surface area contributed by atoms with Gasteiger partial charge in [-0.25, -0.2) is 0 Å². The highest BCUT2D eigenvalue weighted by Crippen LogP contribution is 2.15. The highest BCUT2D eigenvalue weighted by atomic mass is 16.5. The van der Waals surface area contributed by atoms with E-state index in [2.05, 4.69) is 6.92 Å². The summed E-state index contributed by atoms with van der Waals surface area (Å²) < 4.78 is 0.783. The lowest BCUT2D eigenvalue weighted by atomic mass is 10.0. The first kappa shape index (κ1) is 16.8. The van der Waals surface area contributed by atoms with Gasteiger partial charge in [0.1, 0.15) is 0 Å². The molecule has 0 spiro atoms. The van der Waals surface area contributed by atoms with E-state index in [1.54, 1.807) is 6.07 Å². The van der Waals surface area contributed by atoms with Crippen molar-refractivity contribution in [1.29, 1.82) is 0 Å². The first-order chi connectivity index (χ1) is 9.75. The highest BCUT2D eigenvalue weighted by molar-refractivity contribution is 5.19. The summed E-state index contributed by atoms with van der Waals surface area (Å²) in [7, 11) is 0. The number of aryl methyl sites for hydroxylation is 1. The van der Waals surface area contributed by atoms with E-state index >= 15 is 0 Å². The van der Waals surface area contributed by atoms with Gasteiger partial charge in [0.15, 0.2) is 0 Å². The van der Waals surface area contributed by atoms with Gasteiger partial charge in [-0.1, -0.05) is 64.7 Å². The highest BCUT2D eigenvalue weighted by Gasteiger charge is 2.12. The van der Waals surface area contributed by atoms with Crippen molar-refractivity contribution >= 4 is 0 Å². The molecule has 0 saturated carbocycles. The predicted molar refractivity (Wildman–Crippen MR) is 81.0 cm³/mol. The van der Waals surface area contributed by atoms with Gasteiger partial charge >= 0.3 is 5.88 Å². The molecular formula is C17H30NO2+. The van der Waals surface area contributed by atoms with Gasteiger partial charge in [0, 0.05) is 10.8 Å². The Morgan fingerprint density at radius 2 is 1.45 bits per heavy atom. The molecule has 1 aromatic heterocycles. The fourth-order valence-corrected chi connectivity index (χ4v) is 2.53. The minimum absolute atomic E-state index is 0.0246. The normalized spacial score (nSPS) is 10.8. The molecule has 1 rings (SSSR count). The summed E-state index contributed by atoms with van der Waals surface area (Å²) in [5, 5.41) is 19.0. The molecular weight excluding hydrogens is 250 g/mol. The monoisotopic (exact) mass is 280 g/mol. The quantitative estimate of drug-likeness (QED) is 0.359. The van der Waals surface area contributed by atoms with Crippen molar-refractivity contribution in [3.8, 4) is 5.88 Å². The van der Waals surface area contributed by atoms with E-state index in [1.165, 1.54) is 64.0 Å². The molecule has 0 radical (unpaired) electrons. The maximum absolute atomic E-state index is 9.65. The van der Waals surface area contributed by atoms with Crippen LogP contribution in [-0.2, 0) is 6.42 Å². The number of hydrogen-bond donors (Lipinski definition) is 2. The number of aromatic hydroxyl groups is 1. The van der Waals surface area contributed by atoms with Gasteiger partial charge in [0.2, 0.25) is 6.20 Å². The van der Waals surface area contributed by atoms with Gasteiger partial charge in [-0.3, -0.25) is 5.21 Å². The van der Waals surface area contributed by atoms with Crippen molar-refractivity contribution < 1.29 is 15.0 Å². The molecule has 0 amide bonds. The van der Waals surface area contributed by atoms with Crippen molar-refractivity contribution in [1.82, 2.24) is 0 Å². The number of hydrogen-bond acceptors (Lipinski definition) is 2. The fraction of sp³-hybridized carbons (Fsp3) is 0.706. The van der Waals surface area contributed by atoms with E-state index in [9.17, 15) is 10.3 Å². The molecule has 0 atom stereocenters. The number of nitrogens with zero attached hydrogens (tertiary/aromatic N) is 1. The van der Waals surface area contributed by atoms with Gasteiger partial charge < -0.3 is 5.11 Å². The summed E-state index contributed by atoms with van der Waals surface area (Å²) in [4.78, 5) is 0. The van der Waals surface area contributed by atoms with Crippen LogP contribution in [-0.4, -0.2) is 10.3 Å². The van der Waals surface area contributed by atoms with Crippen LogP contribution in [0, 0.1) is 0 Å². The van der Waals surface area contributed by atoms with E-state index in [4.69, 9.17) is 0 Å². The van der Waals surface area contributed by atoms with Crippen molar-refractivity contribution in [2.24, 2.45) is 0 Å². The van der Waals surface area contributed by atoms with Crippen LogP contribution < -0.4 is 4.73 Å². The molecule has 1 aromatic rings. The average Bonchev–Trinajstić information content (AvgIpc) is 2.45. The summed E-state index contributed by atoms with van der Waals surface area (Å²) >= 11 is 0. The molecule has 3 nitrogen and oxygen atoms in total. The maximum Gasteiger partial charge on any atom is 0.417 e. The predicted octanol–water partition coefficient (Wildman–Crippen LogP) is 4.38. The lowest BCUT2D eigenvalue weighted by molar-refractivity contribution is -0.907. The van der Waals surface area contributed by atoms with Crippen molar-refractivity contribution in [2.45, 2.75) is 77.6 Å². The second kappa shape index (κ2) is 10.5. The zero-order valence-electron chi connectivity index (χ0n) is 12.9. The number of aromatic nitrogens is 1. The summed E-state index contributed by atoms with van der Waals surface area (Å²) in [6, 6.07) is 3.63. The summed E-state index contributed by atoms with van der Waals surface area (Å²) in [5.74, 6) is -0.0246. The van der Waals surface area contributed by atoms with E-state index in [1.807, 2.05) is 6.07 Å². The van der Waals surface area contributed by atoms with Crippen LogP contribution in [0.1, 0.15) is 76.7 Å². The fourth-order valence-electron chi connectivity index (χ4n) is 2.53. The lowest BCUT2D eigenvalue weighted by Gasteiger charge is -2.02. The van der Waals surface area contributed by atoms with Crippen LogP contribution >= 0.6 is 0 Å². The van der Waals surface area contributed by atoms with Gasteiger partial charge in [0.25, 0.3) is 0 Å². The molecule has 0 unspecified atom stereocenters. The Morgan fingerprint density at radius 1 is 0.900 bits per heavy atom. The van der Waals surface area contributed by atoms with Gasteiger partial charge in [-0.15, -0.1) is 0 Å². The first-order valence-electron chi connectivity index (χ1n) is 8.17. The van der Waals surface area contributed by atoms with E-state index < -0.39 is 0 Å². The van der Waals surface area contributed by atoms with Crippen LogP contribution in [0.4, 0.5) is 0 Å². The topological polar surface area (TPSA) is 44.3 Å². The zero-order chi connectivity index (χ0) is 14.6. The molecule has 2 N–H and O–H groups in total. The first-order valence-corrected chi connectivity index (χ1v) is 8.17. The molecule has 1 heterocycles. The number of unbranched alkanes of at least 4 members (excludes halogenated alkanes) is 9. The Kier molecular flexibility index (Phi) is 8.84. The van der Waals surface area contributed by atoms with E-state index in [0.29, 0.717) is 0 Å². The molecule has 3 heteroatoms. The maximum atomic E-state index is 9.65. The van der Waals surface area contributed by atoms with Gasteiger partial charge in [0.05, 0.1) is 5.56 Å². The molecule has 0 aliphatic rings. The minimum atomic E-state index is -0.0246. The second-order valence-electron chi connectivity index (χ2n) is 5.63. The van der Waals surface area contributed by atoms with Crippen molar-refractivity contribution in [3.63, 3.8) is 0 Å². The van der Waals surface area contributed by atoms with Crippen LogP contribution in [0.25, 0.3) is 0 Å². The standard InChI is InChI=1S/C17H29NO2/c1-2-3-4-5-6-7-8-9-10-11-13-16-14-12-15-18(20)17(16)19/h12,14-15,20H,2-11,13H2,1H3/p+1. The molecule has 20 heavy (non-hydrogen) atoms. The molecule has 0 fully saturated rings. The third kappa shape index (κ3) is 6.78. The Balaban J connectivity index is 1.98. The third-order valence-electron chi connectivity index (χ3n) is 3.83. The molecule has 0 aliphatic heterocycles. The third-order valence-corrected chi connectivity index (χ3v) is 3.83. The molecule has 0 aliphatic carbocycles. The molecule has 0 aromatic carbocycles. The van der Waals surface area contributed by atoms with Crippen LogP contribution in [0.5, 0.6) is 5.88 Å². The Hall–Kier alpha value is -1.25. The smallest absolute Gasteiger partial charge is 0.417 e. The van der Waals surface area contributed by atoms with Gasteiger partial charge in [-0.2, -0.15) is 0 Å². The van der Waals surface area contributed by atoms with Crippen molar-refractivity contribution in [3.05, 3.63) is 23.9 Å². The number of pyridine rings is 1. The minimum Gasteiger partial charge on any atom is -0.457 e. The van der Waals surface area contributed by atoms with Crippen LogP contribution in [0.2, 0.25) is 0 Å². The second-order valence-corrected chi connectivity index (χ2v) is 5.63. The van der Waals surface area contributed by atoms with E-state index in [-0.39, 0.29) is 5.88 Å². The summed E-state index contributed by atoms with van der Waals surface area (Å²) in [6.07, 6.45) is 15.4. The van der Waals surface area contributed by atoms with Gasteiger partial charge in [-0.05, 0) is 18.9 Å².